The maximum absolute atomic E-state index is 5.78. The monoisotopic (exact) mass is 269 g/mol. The zero-order valence-corrected chi connectivity index (χ0v) is 10.2. The van der Waals surface area contributed by atoms with Gasteiger partial charge in [-0.2, -0.15) is 0 Å². The van der Waals surface area contributed by atoms with Gasteiger partial charge in [0.25, 0.3) is 0 Å². The molecule has 1 fully saturated rings. The molecule has 0 aliphatic carbocycles. The van der Waals surface area contributed by atoms with Gasteiger partial charge in [-0.3, -0.25) is 0 Å². The van der Waals surface area contributed by atoms with Gasteiger partial charge >= 0.3 is 0 Å². The van der Waals surface area contributed by atoms with Gasteiger partial charge in [0.1, 0.15) is 0 Å². The van der Waals surface area contributed by atoms with Crippen molar-refractivity contribution >= 4 is 15.9 Å². The summed E-state index contributed by atoms with van der Waals surface area (Å²) in [4.78, 5) is 0. The summed E-state index contributed by atoms with van der Waals surface area (Å²) in [5, 5.41) is 0. The third kappa shape index (κ3) is 2.60. The Morgan fingerprint density at radius 3 is 3.07 bits per heavy atom. The molecule has 1 aromatic rings. The molecule has 1 saturated heterocycles. The highest BCUT2D eigenvalue weighted by molar-refractivity contribution is 9.10. The van der Waals surface area contributed by atoms with E-state index in [-0.39, 0.29) is 0 Å². The number of halogens is 1. The zero-order valence-electron chi connectivity index (χ0n) is 8.66. The summed E-state index contributed by atoms with van der Waals surface area (Å²) in [6.45, 7) is 2.36. The van der Waals surface area contributed by atoms with E-state index in [0.717, 1.165) is 24.1 Å². The molecule has 1 aromatic carbocycles. The lowest BCUT2D eigenvalue weighted by atomic mass is 9.83. The second kappa shape index (κ2) is 5.10. The molecule has 0 saturated carbocycles. The minimum Gasteiger partial charge on any atom is -0.381 e. The fraction of sp³-hybridized carbons (Fsp3) is 0.500. The first-order valence-corrected chi connectivity index (χ1v) is 6.14. The average molecular weight is 270 g/mol. The summed E-state index contributed by atoms with van der Waals surface area (Å²) in [5.41, 5.74) is 7.16. The Bertz CT molecular complexity index is 329. The number of rotatable bonds is 2. The topological polar surface area (TPSA) is 35.2 Å². The van der Waals surface area contributed by atoms with E-state index in [2.05, 4.69) is 40.2 Å². The van der Waals surface area contributed by atoms with Gasteiger partial charge in [0.2, 0.25) is 0 Å². The number of hydrogen-bond acceptors (Lipinski definition) is 2. The number of ether oxygens (including phenoxy) is 1. The lowest BCUT2D eigenvalue weighted by Crippen LogP contribution is -2.31. The van der Waals surface area contributed by atoms with Crippen molar-refractivity contribution in [3.8, 4) is 0 Å². The maximum Gasteiger partial charge on any atom is 0.0512 e. The summed E-state index contributed by atoms with van der Waals surface area (Å²) in [5.74, 6) is 1.02. The predicted molar refractivity (Wildman–Crippen MR) is 64.9 cm³/mol. The third-order valence-electron chi connectivity index (χ3n) is 3.05. The summed E-state index contributed by atoms with van der Waals surface area (Å²) in [6.07, 6.45) is 1.08. The van der Waals surface area contributed by atoms with Crippen LogP contribution in [0, 0.1) is 5.92 Å². The molecule has 2 rings (SSSR count). The van der Waals surface area contributed by atoms with Gasteiger partial charge in [0.15, 0.2) is 0 Å². The molecule has 0 aromatic heterocycles. The van der Waals surface area contributed by atoms with Gasteiger partial charge in [0, 0.05) is 17.0 Å². The Morgan fingerprint density at radius 2 is 2.33 bits per heavy atom. The highest BCUT2D eigenvalue weighted by Crippen LogP contribution is 2.32. The fourth-order valence-corrected chi connectivity index (χ4v) is 2.62. The molecule has 82 valence electrons. The van der Waals surface area contributed by atoms with E-state index < -0.39 is 0 Å². The normalized spacial score (nSPS) is 26.5. The first kappa shape index (κ1) is 11.1. The van der Waals surface area contributed by atoms with Crippen LogP contribution in [0.2, 0.25) is 0 Å². The first-order valence-electron chi connectivity index (χ1n) is 5.34. The van der Waals surface area contributed by atoms with Crippen molar-refractivity contribution in [1.82, 2.24) is 0 Å². The van der Waals surface area contributed by atoms with Gasteiger partial charge < -0.3 is 10.5 Å². The Hall–Kier alpha value is -0.380. The van der Waals surface area contributed by atoms with Gasteiger partial charge in [0.05, 0.1) is 6.61 Å². The van der Waals surface area contributed by atoms with Crippen molar-refractivity contribution < 1.29 is 4.74 Å². The molecule has 2 N–H and O–H groups in total. The van der Waals surface area contributed by atoms with E-state index in [9.17, 15) is 0 Å². The molecule has 15 heavy (non-hydrogen) atoms. The molecule has 0 radical (unpaired) electrons. The minimum atomic E-state index is 0.466. The summed E-state index contributed by atoms with van der Waals surface area (Å²) in [7, 11) is 0. The molecule has 1 aliphatic heterocycles. The largest absolute Gasteiger partial charge is 0.381 e. The average Bonchev–Trinajstić information content (AvgIpc) is 2.29. The van der Waals surface area contributed by atoms with Gasteiger partial charge in [-0.15, -0.1) is 0 Å². The standard InChI is InChI=1S/C12H16BrNO/c13-11-3-1-2-9(6-11)12-4-5-15-8-10(12)7-14/h1-3,6,10,12H,4-5,7-8,14H2. The molecule has 1 aliphatic rings. The Labute approximate surface area is 98.9 Å². The Balaban J connectivity index is 2.20. The molecule has 0 bridgehead atoms. The lowest BCUT2D eigenvalue weighted by molar-refractivity contribution is 0.0436. The van der Waals surface area contributed by atoms with Crippen LogP contribution in [0.3, 0.4) is 0 Å². The van der Waals surface area contributed by atoms with E-state index in [1.807, 2.05) is 0 Å². The predicted octanol–water partition coefficient (Wildman–Crippen LogP) is 2.53. The van der Waals surface area contributed by atoms with E-state index in [1.54, 1.807) is 0 Å². The van der Waals surface area contributed by atoms with Crippen molar-refractivity contribution in [2.45, 2.75) is 12.3 Å². The SMILES string of the molecule is NCC1COCCC1c1cccc(Br)c1. The van der Waals surface area contributed by atoms with Crippen LogP contribution in [0.25, 0.3) is 0 Å². The highest BCUT2D eigenvalue weighted by Gasteiger charge is 2.25. The van der Waals surface area contributed by atoms with Crippen LogP contribution in [-0.2, 0) is 4.74 Å². The van der Waals surface area contributed by atoms with E-state index in [0.29, 0.717) is 18.4 Å². The molecule has 1 heterocycles. The Kier molecular flexibility index (Phi) is 3.78. The highest BCUT2D eigenvalue weighted by atomic mass is 79.9. The van der Waals surface area contributed by atoms with Gasteiger partial charge in [-0.05, 0) is 36.6 Å². The number of benzene rings is 1. The van der Waals surface area contributed by atoms with Crippen LogP contribution in [0.15, 0.2) is 28.7 Å². The van der Waals surface area contributed by atoms with Crippen LogP contribution < -0.4 is 5.73 Å². The van der Waals surface area contributed by atoms with Crippen molar-refractivity contribution in [1.29, 1.82) is 0 Å². The lowest BCUT2D eigenvalue weighted by Gasteiger charge is -2.31. The van der Waals surface area contributed by atoms with E-state index in [4.69, 9.17) is 10.5 Å². The maximum atomic E-state index is 5.78. The second-order valence-electron chi connectivity index (χ2n) is 4.02. The smallest absolute Gasteiger partial charge is 0.0512 e. The molecular weight excluding hydrogens is 254 g/mol. The van der Waals surface area contributed by atoms with Crippen LogP contribution >= 0.6 is 15.9 Å². The number of hydrogen-bond donors (Lipinski definition) is 1. The van der Waals surface area contributed by atoms with Crippen LogP contribution in [0.4, 0.5) is 0 Å². The van der Waals surface area contributed by atoms with Crippen molar-refractivity contribution in [2.75, 3.05) is 19.8 Å². The molecule has 3 heteroatoms. The summed E-state index contributed by atoms with van der Waals surface area (Å²) in [6, 6.07) is 8.52. The van der Waals surface area contributed by atoms with Gasteiger partial charge in [-0.1, -0.05) is 28.1 Å². The second-order valence-corrected chi connectivity index (χ2v) is 4.94. The molecule has 2 unspecified atom stereocenters. The van der Waals surface area contributed by atoms with Crippen LogP contribution in [-0.4, -0.2) is 19.8 Å². The molecular formula is C12H16BrNO. The molecule has 2 nitrogen and oxygen atoms in total. The van der Waals surface area contributed by atoms with Crippen LogP contribution in [0.5, 0.6) is 0 Å². The minimum absolute atomic E-state index is 0.466. The third-order valence-corrected chi connectivity index (χ3v) is 3.55. The van der Waals surface area contributed by atoms with Crippen molar-refractivity contribution in [3.63, 3.8) is 0 Å². The van der Waals surface area contributed by atoms with Gasteiger partial charge in [-0.25, -0.2) is 0 Å². The quantitative estimate of drug-likeness (QED) is 0.896. The Morgan fingerprint density at radius 1 is 1.47 bits per heavy atom. The van der Waals surface area contributed by atoms with E-state index >= 15 is 0 Å². The van der Waals surface area contributed by atoms with Crippen LogP contribution in [0.1, 0.15) is 17.9 Å². The summed E-state index contributed by atoms with van der Waals surface area (Å²) < 4.78 is 6.60. The molecule has 0 spiro atoms. The van der Waals surface area contributed by atoms with E-state index in [1.165, 1.54) is 5.56 Å². The molecule has 0 amide bonds. The molecule has 2 atom stereocenters. The fourth-order valence-electron chi connectivity index (χ4n) is 2.21. The number of nitrogens with two attached hydrogens (primary N) is 1. The first-order chi connectivity index (χ1) is 7.31. The zero-order chi connectivity index (χ0) is 10.7. The van der Waals surface area contributed by atoms with Crippen molar-refractivity contribution in [2.24, 2.45) is 11.7 Å². The van der Waals surface area contributed by atoms with Crippen molar-refractivity contribution in [3.05, 3.63) is 34.3 Å². The summed E-state index contributed by atoms with van der Waals surface area (Å²) >= 11 is 3.51.